The summed E-state index contributed by atoms with van der Waals surface area (Å²) in [6.07, 6.45) is 3.95. The fourth-order valence-electron chi connectivity index (χ4n) is 2.50. The van der Waals surface area contributed by atoms with Gasteiger partial charge in [-0.1, -0.05) is 0 Å². The summed E-state index contributed by atoms with van der Waals surface area (Å²) in [5.41, 5.74) is 5.67. The standard InChI is InChI=1S/C17H26N6O7S/c1-31-3-2-10(22-16(28)11(5-14(25)26)21-13(24)6-18)15(27)23-12(17(29)30)4-9-7-19-8-20-9/h7-8,10-12H,2-6,18H2,1H3,(H,19,20)(H,21,24)(H,22,28)(H,23,27)(H,25,26)(H,29,30). The minimum Gasteiger partial charge on any atom is -0.481 e. The van der Waals surface area contributed by atoms with Gasteiger partial charge >= 0.3 is 11.9 Å². The Bertz CT molecular complexity index is 773. The maximum atomic E-state index is 12.7. The molecule has 0 bridgehead atoms. The summed E-state index contributed by atoms with van der Waals surface area (Å²) in [7, 11) is 0. The summed E-state index contributed by atoms with van der Waals surface area (Å²) in [4.78, 5) is 65.8. The van der Waals surface area contributed by atoms with Gasteiger partial charge in [-0.15, -0.1) is 0 Å². The van der Waals surface area contributed by atoms with Gasteiger partial charge in [0.15, 0.2) is 0 Å². The van der Waals surface area contributed by atoms with Crippen molar-refractivity contribution >= 4 is 41.4 Å². The lowest BCUT2D eigenvalue weighted by Gasteiger charge is -2.23. The summed E-state index contributed by atoms with van der Waals surface area (Å²) in [5, 5.41) is 25.3. The van der Waals surface area contributed by atoms with Gasteiger partial charge in [-0.05, 0) is 18.4 Å². The number of nitrogens with one attached hydrogen (secondary N) is 4. The number of rotatable bonds is 14. The number of carbonyl (C=O) groups excluding carboxylic acids is 3. The molecule has 0 aliphatic rings. The van der Waals surface area contributed by atoms with Crippen molar-refractivity contribution in [3.8, 4) is 0 Å². The zero-order valence-electron chi connectivity index (χ0n) is 16.8. The van der Waals surface area contributed by atoms with Crippen LogP contribution in [-0.4, -0.2) is 86.5 Å². The Kier molecular flexibility index (Phi) is 11.1. The van der Waals surface area contributed by atoms with E-state index in [2.05, 4.69) is 25.9 Å². The van der Waals surface area contributed by atoms with Crippen LogP contribution in [0.3, 0.4) is 0 Å². The zero-order chi connectivity index (χ0) is 23.4. The van der Waals surface area contributed by atoms with Crippen LogP contribution in [0.1, 0.15) is 18.5 Å². The molecule has 1 aromatic rings. The Hall–Kier alpha value is -3.13. The second-order valence-electron chi connectivity index (χ2n) is 6.45. The SMILES string of the molecule is CSCCC(NC(=O)C(CC(=O)O)NC(=O)CN)C(=O)NC(Cc1cnc[nH]1)C(=O)O. The van der Waals surface area contributed by atoms with Gasteiger partial charge in [0.1, 0.15) is 18.1 Å². The van der Waals surface area contributed by atoms with E-state index in [-0.39, 0.29) is 12.8 Å². The second kappa shape index (κ2) is 13.2. The smallest absolute Gasteiger partial charge is 0.326 e. The van der Waals surface area contributed by atoms with E-state index in [0.717, 1.165) is 0 Å². The quantitative estimate of drug-likeness (QED) is 0.158. The Morgan fingerprint density at radius 3 is 2.26 bits per heavy atom. The van der Waals surface area contributed by atoms with Crippen LogP contribution < -0.4 is 21.7 Å². The van der Waals surface area contributed by atoms with Crippen molar-refractivity contribution in [2.45, 2.75) is 37.4 Å². The van der Waals surface area contributed by atoms with E-state index in [1.807, 2.05) is 0 Å². The number of imidazole rings is 1. The highest BCUT2D eigenvalue weighted by Gasteiger charge is 2.30. The minimum atomic E-state index is -1.45. The van der Waals surface area contributed by atoms with Crippen LogP contribution in [0.15, 0.2) is 12.5 Å². The van der Waals surface area contributed by atoms with Crippen LogP contribution in [-0.2, 0) is 30.4 Å². The van der Waals surface area contributed by atoms with Crippen molar-refractivity contribution in [3.63, 3.8) is 0 Å². The van der Waals surface area contributed by atoms with Crippen LogP contribution in [0.4, 0.5) is 0 Å². The highest BCUT2D eigenvalue weighted by atomic mass is 32.2. The molecule has 3 unspecified atom stereocenters. The van der Waals surface area contributed by atoms with Gasteiger partial charge in [-0.25, -0.2) is 9.78 Å². The number of hydrogen-bond acceptors (Lipinski definition) is 8. The molecule has 0 aromatic carbocycles. The number of aromatic nitrogens is 2. The first kappa shape index (κ1) is 25.9. The molecule has 0 fully saturated rings. The number of nitrogens with two attached hydrogens (primary N) is 1. The molecule has 0 aliphatic carbocycles. The van der Waals surface area contributed by atoms with Gasteiger partial charge in [-0.3, -0.25) is 19.2 Å². The predicted molar refractivity (Wildman–Crippen MR) is 110 cm³/mol. The number of amides is 3. The zero-order valence-corrected chi connectivity index (χ0v) is 17.6. The summed E-state index contributed by atoms with van der Waals surface area (Å²) in [6, 6.07) is -3.87. The molecular formula is C17H26N6O7S. The number of H-pyrrole nitrogens is 1. The van der Waals surface area contributed by atoms with E-state index >= 15 is 0 Å². The molecule has 3 atom stereocenters. The van der Waals surface area contributed by atoms with Crippen LogP contribution >= 0.6 is 11.8 Å². The molecule has 1 heterocycles. The molecule has 1 aromatic heterocycles. The maximum absolute atomic E-state index is 12.7. The number of thioether (sulfide) groups is 1. The molecule has 3 amide bonds. The number of carboxylic acids is 2. The first-order valence-electron chi connectivity index (χ1n) is 9.18. The van der Waals surface area contributed by atoms with Crippen LogP contribution in [0, 0.1) is 0 Å². The van der Waals surface area contributed by atoms with Crippen LogP contribution in [0.2, 0.25) is 0 Å². The van der Waals surface area contributed by atoms with Crippen LogP contribution in [0.5, 0.6) is 0 Å². The fraction of sp³-hybridized carbons (Fsp3) is 0.529. The third kappa shape index (κ3) is 9.48. The molecular weight excluding hydrogens is 432 g/mol. The highest BCUT2D eigenvalue weighted by molar-refractivity contribution is 7.98. The van der Waals surface area contributed by atoms with Crippen molar-refractivity contribution in [2.24, 2.45) is 5.73 Å². The summed E-state index contributed by atoms with van der Waals surface area (Å²) >= 11 is 1.40. The van der Waals surface area contributed by atoms with E-state index in [4.69, 9.17) is 10.8 Å². The number of nitrogens with zero attached hydrogens (tertiary/aromatic N) is 1. The topological polar surface area (TPSA) is 217 Å². The predicted octanol–water partition coefficient (Wildman–Crippen LogP) is -2.32. The molecule has 0 spiro atoms. The molecule has 8 N–H and O–H groups in total. The third-order valence-electron chi connectivity index (χ3n) is 4.05. The lowest BCUT2D eigenvalue weighted by Crippen LogP contribution is -2.57. The van der Waals surface area contributed by atoms with Crippen molar-refractivity contribution in [2.75, 3.05) is 18.6 Å². The molecule has 0 saturated heterocycles. The molecule has 13 nitrogen and oxygen atoms in total. The Morgan fingerprint density at radius 1 is 1.10 bits per heavy atom. The van der Waals surface area contributed by atoms with Crippen LogP contribution in [0.25, 0.3) is 0 Å². The lowest BCUT2D eigenvalue weighted by atomic mass is 10.1. The molecule has 0 radical (unpaired) electrons. The maximum Gasteiger partial charge on any atom is 0.326 e. The lowest BCUT2D eigenvalue weighted by molar-refractivity contribution is -0.143. The normalized spacial score (nSPS) is 13.5. The number of aromatic amines is 1. The van der Waals surface area contributed by atoms with Gasteiger partial charge in [0.25, 0.3) is 0 Å². The number of carbonyl (C=O) groups is 5. The van der Waals surface area contributed by atoms with E-state index in [1.54, 1.807) is 6.26 Å². The molecule has 172 valence electrons. The average molecular weight is 458 g/mol. The molecule has 1 rings (SSSR count). The monoisotopic (exact) mass is 458 g/mol. The van der Waals surface area contributed by atoms with E-state index < -0.39 is 60.8 Å². The van der Waals surface area contributed by atoms with Gasteiger partial charge in [-0.2, -0.15) is 11.8 Å². The number of hydrogen-bond donors (Lipinski definition) is 7. The van der Waals surface area contributed by atoms with E-state index in [1.165, 1.54) is 24.3 Å². The summed E-state index contributed by atoms with van der Waals surface area (Å²) < 4.78 is 0. The van der Waals surface area contributed by atoms with Crippen molar-refractivity contribution < 1.29 is 34.2 Å². The first-order valence-corrected chi connectivity index (χ1v) is 10.6. The summed E-state index contributed by atoms with van der Waals surface area (Å²) in [5.74, 6) is -4.56. The minimum absolute atomic E-state index is 0.0571. The van der Waals surface area contributed by atoms with Crippen molar-refractivity contribution in [1.29, 1.82) is 0 Å². The van der Waals surface area contributed by atoms with E-state index in [9.17, 15) is 29.1 Å². The molecule has 0 aliphatic heterocycles. The second-order valence-corrected chi connectivity index (χ2v) is 7.43. The Labute approximate surface area is 181 Å². The first-order chi connectivity index (χ1) is 14.7. The van der Waals surface area contributed by atoms with Crippen molar-refractivity contribution in [3.05, 3.63) is 18.2 Å². The largest absolute Gasteiger partial charge is 0.481 e. The molecule has 0 saturated carbocycles. The fourth-order valence-corrected chi connectivity index (χ4v) is 2.97. The Balaban J connectivity index is 2.91. The van der Waals surface area contributed by atoms with Gasteiger partial charge in [0.05, 0.1) is 19.3 Å². The molecule has 31 heavy (non-hydrogen) atoms. The average Bonchev–Trinajstić information content (AvgIpc) is 3.22. The van der Waals surface area contributed by atoms with Gasteiger partial charge in [0.2, 0.25) is 17.7 Å². The summed E-state index contributed by atoms with van der Waals surface area (Å²) in [6.45, 7) is -0.451. The van der Waals surface area contributed by atoms with E-state index in [0.29, 0.717) is 11.4 Å². The highest BCUT2D eigenvalue weighted by Crippen LogP contribution is 2.05. The number of aliphatic carboxylic acids is 2. The molecule has 14 heteroatoms. The third-order valence-corrected chi connectivity index (χ3v) is 4.70. The van der Waals surface area contributed by atoms with Gasteiger partial charge in [0, 0.05) is 18.3 Å². The van der Waals surface area contributed by atoms with Crippen molar-refractivity contribution in [1.82, 2.24) is 25.9 Å². The van der Waals surface area contributed by atoms with Gasteiger partial charge < -0.3 is 36.9 Å². The number of carboxylic acid groups (broad SMARTS) is 2. The Morgan fingerprint density at radius 2 is 1.74 bits per heavy atom.